The lowest BCUT2D eigenvalue weighted by Crippen LogP contribution is -2.23. The first kappa shape index (κ1) is 5.91. The Morgan fingerprint density at radius 3 is 2.94 bits per heavy atom. The molecular formula is C14H18O3. The Kier molecular flexibility index (Phi) is 1.54. The first-order valence-corrected chi connectivity index (χ1v) is 5.12. The van der Waals surface area contributed by atoms with Gasteiger partial charge in [-0.2, -0.15) is 0 Å². The highest BCUT2D eigenvalue weighted by Gasteiger charge is 2.19. The van der Waals surface area contributed by atoms with Crippen LogP contribution in [0.25, 0.3) is 6.05 Å². The highest BCUT2D eigenvalue weighted by molar-refractivity contribution is 5.56. The predicted octanol–water partition coefficient (Wildman–Crippen LogP) is 2.84. The minimum absolute atomic E-state index is 0.338. The van der Waals surface area contributed by atoms with Crippen LogP contribution in [0.3, 0.4) is 0 Å². The summed E-state index contributed by atoms with van der Waals surface area (Å²) in [5.41, 5.74) is -1.27. The van der Waals surface area contributed by atoms with E-state index in [1.165, 1.54) is 0 Å². The SMILES string of the molecule is [2H]/C(=C\C([2H])(O)C(C)(C)C)c1c([2H])c([2H])c2c(c1[2H])OC([2H])([2H])O2. The zero-order valence-electron chi connectivity index (χ0n) is 16.8. The van der Waals surface area contributed by atoms with Gasteiger partial charge in [0.1, 0.15) is 2.74 Å². The van der Waals surface area contributed by atoms with E-state index in [2.05, 4.69) is 0 Å². The fourth-order valence-corrected chi connectivity index (χ4v) is 1.05. The molecule has 0 saturated carbocycles. The van der Waals surface area contributed by atoms with Gasteiger partial charge < -0.3 is 14.6 Å². The number of benzene rings is 1. The van der Waals surface area contributed by atoms with Crippen molar-refractivity contribution < 1.29 is 24.2 Å². The Labute approximate surface area is 112 Å². The van der Waals surface area contributed by atoms with Crippen molar-refractivity contribution in [2.75, 3.05) is 6.75 Å². The van der Waals surface area contributed by atoms with E-state index in [4.69, 9.17) is 19.1 Å². The molecular weight excluding hydrogens is 216 g/mol. The van der Waals surface area contributed by atoms with Crippen molar-refractivity contribution in [3.05, 3.63) is 29.8 Å². The molecule has 3 heteroatoms. The quantitative estimate of drug-likeness (QED) is 0.865. The lowest BCUT2D eigenvalue weighted by Gasteiger charge is -2.22. The molecule has 1 aliphatic heterocycles. The zero-order valence-corrected chi connectivity index (χ0v) is 9.84. The highest BCUT2D eigenvalue weighted by Crippen LogP contribution is 2.33. The molecule has 0 saturated heterocycles. The van der Waals surface area contributed by atoms with Gasteiger partial charge in [0.05, 0.1) is 12.9 Å². The summed E-state index contributed by atoms with van der Waals surface area (Å²) in [6, 6.07) is -2.06. The minimum atomic E-state index is -2.56. The maximum absolute atomic E-state index is 10.2. The second-order valence-electron chi connectivity index (χ2n) is 4.62. The second-order valence-corrected chi connectivity index (χ2v) is 4.62. The van der Waals surface area contributed by atoms with E-state index in [1.54, 1.807) is 20.8 Å². The van der Waals surface area contributed by atoms with Gasteiger partial charge in [-0.05, 0) is 23.1 Å². The van der Waals surface area contributed by atoms with Gasteiger partial charge in [0.2, 0.25) is 6.75 Å². The van der Waals surface area contributed by atoms with Crippen molar-refractivity contribution in [1.82, 2.24) is 0 Å². The molecule has 0 spiro atoms. The van der Waals surface area contributed by atoms with Gasteiger partial charge in [0, 0.05) is 0 Å². The molecule has 1 aromatic carbocycles. The molecule has 1 atom stereocenters. The Morgan fingerprint density at radius 2 is 2.24 bits per heavy atom. The van der Waals surface area contributed by atoms with Crippen LogP contribution in [0.5, 0.6) is 11.5 Å². The fourth-order valence-electron chi connectivity index (χ4n) is 1.05. The maximum atomic E-state index is 10.2. The van der Waals surface area contributed by atoms with Gasteiger partial charge in [-0.25, -0.2) is 0 Å². The van der Waals surface area contributed by atoms with Crippen LogP contribution >= 0.6 is 0 Å². The molecule has 0 bridgehead atoms. The van der Waals surface area contributed by atoms with Gasteiger partial charge in [0.15, 0.2) is 11.5 Å². The molecule has 17 heavy (non-hydrogen) atoms. The van der Waals surface area contributed by atoms with Crippen molar-refractivity contribution in [2.24, 2.45) is 5.41 Å². The van der Waals surface area contributed by atoms with Gasteiger partial charge >= 0.3 is 0 Å². The van der Waals surface area contributed by atoms with E-state index < -0.39 is 42.4 Å². The third-order valence-corrected chi connectivity index (χ3v) is 2.15. The van der Waals surface area contributed by atoms with E-state index in [0.717, 1.165) is 6.08 Å². The summed E-state index contributed by atoms with van der Waals surface area (Å²) >= 11 is 0. The number of hydrogen-bond donors (Lipinski definition) is 1. The van der Waals surface area contributed by atoms with Crippen molar-refractivity contribution in [1.29, 1.82) is 0 Å². The van der Waals surface area contributed by atoms with E-state index in [-0.39, 0.29) is 17.1 Å². The van der Waals surface area contributed by atoms with Crippen LogP contribution in [0.1, 0.15) is 35.9 Å². The van der Waals surface area contributed by atoms with Crippen LogP contribution in [0, 0.1) is 5.41 Å². The summed E-state index contributed by atoms with van der Waals surface area (Å²) in [5.74, 6) is -0.748. The van der Waals surface area contributed by atoms with E-state index in [1.807, 2.05) is 0 Å². The average Bonchev–Trinajstić information content (AvgIpc) is 2.71. The van der Waals surface area contributed by atoms with E-state index in [9.17, 15) is 5.11 Å². The van der Waals surface area contributed by atoms with Crippen molar-refractivity contribution in [2.45, 2.75) is 26.9 Å². The number of fused-ring (bicyclic) bond motifs is 1. The van der Waals surface area contributed by atoms with Crippen molar-refractivity contribution in [3.8, 4) is 11.5 Å². The topological polar surface area (TPSA) is 38.7 Å². The minimum Gasteiger partial charge on any atom is -0.454 e. The van der Waals surface area contributed by atoms with Crippen LogP contribution < -0.4 is 9.47 Å². The Bertz CT molecular complexity index is 720. The average molecular weight is 241 g/mol. The maximum Gasteiger partial charge on any atom is 0.231 e. The molecule has 0 fully saturated rings. The molecule has 0 aromatic heterocycles. The van der Waals surface area contributed by atoms with Gasteiger partial charge in [0.25, 0.3) is 0 Å². The fraction of sp³-hybridized carbons (Fsp3) is 0.429. The van der Waals surface area contributed by atoms with Crippen LogP contribution in [-0.4, -0.2) is 17.9 Å². The third-order valence-electron chi connectivity index (χ3n) is 2.15. The Hall–Kier alpha value is -1.48. The van der Waals surface area contributed by atoms with Crippen LogP contribution in [0.2, 0.25) is 0 Å². The molecule has 1 heterocycles. The monoisotopic (exact) mass is 241 g/mol. The zero-order chi connectivity index (χ0) is 18.7. The highest BCUT2D eigenvalue weighted by atomic mass is 16.7. The first-order chi connectivity index (χ1) is 10.7. The Balaban J connectivity index is 2.64. The summed E-state index contributed by atoms with van der Waals surface area (Å²) in [6.45, 7) is 2.22. The van der Waals surface area contributed by atoms with Gasteiger partial charge in [-0.1, -0.05) is 38.9 Å². The van der Waals surface area contributed by atoms with Gasteiger partial charge in [-0.15, -0.1) is 0 Å². The van der Waals surface area contributed by atoms with Crippen LogP contribution in [-0.2, 0) is 0 Å². The lowest BCUT2D eigenvalue weighted by molar-refractivity contribution is 0.106. The number of rotatable bonds is 2. The summed E-state index contributed by atoms with van der Waals surface area (Å²) in [6.07, 6.45) is -1.26. The molecule has 0 radical (unpaired) electrons. The summed E-state index contributed by atoms with van der Waals surface area (Å²) in [7, 11) is 0. The third kappa shape index (κ3) is 2.80. The number of aliphatic hydroxyl groups is 1. The summed E-state index contributed by atoms with van der Waals surface area (Å²) in [5, 5.41) is 10.2. The lowest BCUT2D eigenvalue weighted by atomic mass is 9.89. The first-order valence-electron chi connectivity index (χ1n) is 8.62. The van der Waals surface area contributed by atoms with Crippen LogP contribution in [0.15, 0.2) is 24.2 Å². The molecule has 1 N–H and O–H groups in total. The normalized spacial score (nSPS) is 27.8. The molecule has 0 amide bonds. The summed E-state index contributed by atoms with van der Waals surface area (Å²) in [4.78, 5) is 0. The molecule has 92 valence electrons. The molecule has 1 aromatic rings. The van der Waals surface area contributed by atoms with Crippen molar-refractivity contribution in [3.63, 3.8) is 0 Å². The largest absolute Gasteiger partial charge is 0.454 e. The number of hydrogen-bond acceptors (Lipinski definition) is 3. The predicted molar refractivity (Wildman–Crippen MR) is 67.1 cm³/mol. The Morgan fingerprint density at radius 1 is 1.53 bits per heavy atom. The second kappa shape index (κ2) is 4.41. The molecule has 1 unspecified atom stereocenters. The van der Waals surface area contributed by atoms with Crippen LogP contribution in [0.4, 0.5) is 0 Å². The van der Waals surface area contributed by atoms with E-state index >= 15 is 0 Å². The molecule has 3 nitrogen and oxygen atoms in total. The smallest absolute Gasteiger partial charge is 0.231 e. The van der Waals surface area contributed by atoms with Gasteiger partial charge in [-0.3, -0.25) is 0 Å². The number of ether oxygens (including phenoxy) is 2. The molecule has 2 rings (SSSR count). The van der Waals surface area contributed by atoms with Crippen molar-refractivity contribution >= 4 is 6.05 Å². The standard InChI is InChI=1S/C14H18O3/c1-14(2,3)13(15)7-5-10-4-6-11-12(8-10)17-9-16-11/h4-8,13,15H,9H2,1-3H3/b7-5+/i4D,5D,6D,8D,9D2,13D. The summed E-state index contributed by atoms with van der Waals surface area (Å²) < 4.78 is 64.3. The molecule has 0 aliphatic carbocycles. The van der Waals surface area contributed by atoms with E-state index in [0.29, 0.717) is 0 Å². The molecule has 1 aliphatic rings.